The number of rotatable bonds is 3. The van der Waals surface area contributed by atoms with Gasteiger partial charge in [-0.2, -0.15) is 0 Å². The van der Waals surface area contributed by atoms with Gasteiger partial charge in [0.1, 0.15) is 5.75 Å². The number of methoxy groups -OCH3 is 3. The molecule has 0 saturated carbocycles. The van der Waals surface area contributed by atoms with Crippen LogP contribution in [-0.2, 0) is 0 Å². The van der Waals surface area contributed by atoms with Gasteiger partial charge in [0.2, 0.25) is 0 Å². The molecule has 3 nitrogen and oxygen atoms in total. The number of aryl methyl sites for hydroxylation is 1. The molecule has 0 heterocycles. The molecule has 92 valence electrons. The molecule has 0 saturated heterocycles. The van der Waals surface area contributed by atoms with Crippen LogP contribution in [0.25, 0.3) is 0 Å². The van der Waals surface area contributed by atoms with Crippen molar-refractivity contribution in [3.63, 3.8) is 0 Å². The summed E-state index contributed by atoms with van der Waals surface area (Å²) in [5.41, 5.74) is 1.03. The van der Waals surface area contributed by atoms with Crippen molar-refractivity contribution in [3.05, 3.63) is 17.7 Å². The minimum absolute atomic E-state index is 0.685. The molecule has 3 heteroatoms. The average Bonchev–Trinajstić information content (AvgIpc) is 2.29. The minimum atomic E-state index is 0.685. The first-order valence-corrected chi connectivity index (χ1v) is 5.41. The molecule has 16 heavy (non-hydrogen) atoms. The highest BCUT2D eigenvalue weighted by molar-refractivity contribution is 5.50. The fraction of sp³-hybridized carbons (Fsp3) is 0.538. The van der Waals surface area contributed by atoms with Crippen LogP contribution >= 0.6 is 0 Å². The molecule has 0 radical (unpaired) electrons. The van der Waals surface area contributed by atoms with Crippen LogP contribution in [-0.4, -0.2) is 21.3 Å². The number of benzene rings is 1. The van der Waals surface area contributed by atoms with Crippen LogP contribution in [0.4, 0.5) is 0 Å². The van der Waals surface area contributed by atoms with Gasteiger partial charge < -0.3 is 14.2 Å². The van der Waals surface area contributed by atoms with Gasteiger partial charge >= 0.3 is 0 Å². The van der Waals surface area contributed by atoms with E-state index in [0.29, 0.717) is 5.75 Å². The predicted molar refractivity (Wildman–Crippen MR) is 66.8 cm³/mol. The fourth-order valence-electron chi connectivity index (χ4n) is 1.18. The van der Waals surface area contributed by atoms with E-state index in [1.807, 2.05) is 19.1 Å². The molecule has 0 aliphatic heterocycles. The zero-order chi connectivity index (χ0) is 12.6. The number of ether oxygens (including phenoxy) is 3. The van der Waals surface area contributed by atoms with Crippen LogP contribution < -0.4 is 14.2 Å². The summed E-state index contributed by atoms with van der Waals surface area (Å²) < 4.78 is 15.4. The van der Waals surface area contributed by atoms with Crippen molar-refractivity contribution in [2.24, 2.45) is 0 Å². The van der Waals surface area contributed by atoms with Crippen molar-refractivity contribution in [2.75, 3.05) is 21.3 Å². The van der Waals surface area contributed by atoms with Crippen molar-refractivity contribution in [1.82, 2.24) is 0 Å². The summed E-state index contributed by atoms with van der Waals surface area (Å²) in [5, 5.41) is 0. The van der Waals surface area contributed by atoms with Gasteiger partial charge in [-0.3, -0.25) is 0 Å². The molecule has 0 aromatic heterocycles. The lowest BCUT2D eigenvalue weighted by molar-refractivity contribution is 0.348. The summed E-state index contributed by atoms with van der Waals surface area (Å²) in [4.78, 5) is 0. The van der Waals surface area contributed by atoms with E-state index in [-0.39, 0.29) is 0 Å². The van der Waals surface area contributed by atoms with E-state index in [4.69, 9.17) is 14.2 Å². The van der Waals surface area contributed by atoms with Crippen LogP contribution in [0.15, 0.2) is 12.1 Å². The van der Waals surface area contributed by atoms with Gasteiger partial charge in [0.05, 0.1) is 21.3 Å². The molecule has 0 aliphatic rings. The van der Waals surface area contributed by atoms with E-state index < -0.39 is 0 Å². The highest BCUT2D eigenvalue weighted by Crippen LogP contribution is 2.33. The molecule has 0 spiro atoms. The van der Waals surface area contributed by atoms with Crippen molar-refractivity contribution in [2.45, 2.75) is 27.2 Å². The van der Waals surface area contributed by atoms with Gasteiger partial charge in [0, 0.05) is 6.07 Å². The Morgan fingerprint density at radius 1 is 0.812 bits per heavy atom. The van der Waals surface area contributed by atoms with Crippen LogP contribution in [0.3, 0.4) is 0 Å². The summed E-state index contributed by atoms with van der Waals surface area (Å²) >= 11 is 0. The van der Waals surface area contributed by atoms with Gasteiger partial charge in [-0.05, 0) is 18.6 Å². The molecular weight excluding hydrogens is 204 g/mol. The van der Waals surface area contributed by atoms with Crippen LogP contribution in [0.2, 0.25) is 0 Å². The molecule has 1 rings (SSSR count). The molecule has 0 unspecified atom stereocenters. The maximum Gasteiger partial charge on any atom is 0.164 e. The van der Waals surface area contributed by atoms with Gasteiger partial charge in [0.15, 0.2) is 11.5 Å². The van der Waals surface area contributed by atoms with Crippen LogP contribution in [0.5, 0.6) is 17.2 Å². The summed E-state index contributed by atoms with van der Waals surface area (Å²) in [7, 11) is 4.85. The van der Waals surface area contributed by atoms with E-state index in [9.17, 15) is 0 Å². The zero-order valence-electron chi connectivity index (χ0n) is 11.1. The van der Waals surface area contributed by atoms with Crippen molar-refractivity contribution >= 4 is 0 Å². The predicted octanol–water partition coefficient (Wildman–Crippen LogP) is 3.44. The summed E-state index contributed by atoms with van der Waals surface area (Å²) in [5.74, 6) is 2.21. The Kier molecular flexibility index (Phi) is 7.18. The smallest absolute Gasteiger partial charge is 0.164 e. The van der Waals surface area contributed by atoms with Crippen LogP contribution in [0, 0.1) is 6.92 Å². The standard InChI is InChI=1S/C10H14O3.C3H8/c1-7-5-9(12-3)10(13-4)6-8(7)11-2;1-3-2/h5-6H,1-4H3;3H2,1-2H3. The lowest BCUT2D eigenvalue weighted by atomic mass is 10.2. The first-order chi connectivity index (χ1) is 7.64. The number of hydrogen-bond acceptors (Lipinski definition) is 3. The highest BCUT2D eigenvalue weighted by atomic mass is 16.5. The third-order valence-corrected chi connectivity index (χ3v) is 1.90. The summed E-state index contributed by atoms with van der Waals surface area (Å²) in [6.07, 6.45) is 1.25. The Labute approximate surface area is 98.3 Å². The second-order valence-corrected chi connectivity index (χ2v) is 3.38. The quantitative estimate of drug-likeness (QED) is 0.790. The van der Waals surface area contributed by atoms with Crippen molar-refractivity contribution < 1.29 is 14.2 Å². The normalized spacial score (nSPS) is 8.88. The lowest BCUT2D eigenvalue weighted by Gasteiger charge is -2.11. The maximum atomic E-state index is 5.15. The van der Waals surface area contributed by atoms with Gasteiger partial charge in [0.25, 0.3) is 0 Å². The Balaban J connectivity index is 0.000000673. The SMILES string of the molecule is CCC.COc1cc(OC)c(OC)cc1C. The van der Waals surface area contributed by atoms with E-state index >= 15 is 0 Å². The molecule has 0 amide bonds. The Bertz CT molecular complexity index is 308. The van der Waals surface area contributed by atoms with E-state index in [1.54, 1.807) is 21.3 Å². The molecule has 0 bridgehead atoms. The third-order valence-electron chi connectivity index (χ3n) is 1.90. The molecule has 0 N–H and O–H groups in total. The largest absolute Gasteiger partial charge is 0.496 e. The van der Waals surface area contributed by atoms with Gasteiger partial charge in [-0.1, -0.05) is 20.3 Å². The Morgan fingerprint density at radius 3 is 1.56 bits per heavy atom. The van der Waals surface area contributed by atoms with Crippen molar-refractivity contribution in [3.8, 4) is 17.2 Å². The maximum absolute atomic E-state index is 5.15. The second kappa shape index (κ2) is 7.85. The highest BCUT2D eigenvalue weighted by Gasteiger charge is 2.07. The second-order valence-electron chi connectivity index (χ2n) is 3.38. The topological polar surface area (TPSA) is 27.7 Å². The van der Waals surface area contributed by atoms with Crippen molar-refractivity contribution in [1.29, 1.82) is 0 Å². The first kappa shape index (κ1) is 14.6. The molecule has 1 aromatic carbocycles. The summed E-state index contributed by atoms with van der Waals surface area (Å²) in [6.45, 7) is 6.21. The molecule has 1 aromatic rings. The monoisotopic (exact) mass is 226 g/mol. The molecule has 0 fully saturated rings. The summed E-state index contributed by atoms with van der Waals surface area (Å²) in [6, 6.07) is 3.70. The Morgan fingerprint density at radius 2 is 1.19 bits per heavy atom. The fourth-order valence-corrected chi connectivity index (χ4v) is 1.18. The minimum Gasteiger partial charge on any atom is -0.496 e. The van der Waals surface area contributed by atoms with Gasteiger partial charge in [-0.25, -0.2) is 0 Å². The van der Waals surface area contributed by atoms with Gasteiger partial charge in [-0.15, -0.1) is 0 Å². The Hall–Kier alpha value is -1.38. The molecule has 0 aliphatic carbocycles. The van der Waals surface area contributed by atoms with E-state index in [1.165, 1.54) is 6.42 Å². The average molecular weight is 226 g/mol. The van der Waals surface area contributed by atoms with E-state index in [0.717, 1.165) is 17.1 Å². The van der Waals surface area contributed by atoms with E-state index in [2.05, 4.69) is 13.8 Å². The number of hydrogen-bond donors (Lipinski definition) is 0. The lowest BCUT2D eigenvalue weighted by Crippen LogP contribution is -1.94. The zero-order valence-corrected chi connectivity index (χ0v) is 11.1. The first-order valence-electron chi connectivity index (χ1n) is 5.41. The third kappa shape index (κ3) is 4.01. The molecule has 0 atom stereocenters. The molecular formula is C13H22O3. The van der Waals surface area contributed by atoms with Crippen LogP contribution in [0.1, 0.15) is 25.8 Å².